The number of carbonyl (C=O) groups excluding carboxylic acids is 3. The summed E-state index contributed by atoms with van der Waals surface area (Å²) in [5.41, 5.74) is 3.85. The predicted molar refractivity (Wildman–Crippen MR) is 90.6 cm³/mol. The smallest absolute Gasteiger partial charge is 0.275 e. The SMILES string of the molecule is Cc1nc(CSc2ccc(C(=O)NN3CC(=O)NC3=O)cc2)cs1. The van der Waals surface area contributed by atoms with Crippen molar-refractivity contribution >= 4 is 40.9 Å². The molecular formula is C15H14N4O3S2. The highest BCUT2D eigenvalue weighted by molar-refractivity contribution is 7.98. The van der Waals surface area contributed by atoms with E-state index in [0.29, 0.717) is 5.56 Å². The lowest BCUT2D eigenvalue weighted by atomic mass is 10.2. The van der Waals surface area contributed by atoms with Gasteiger partial charge in [-0.2, -0.15) is 0 Å². The molecule has 2 heterocycles. The largest absolute Gasteiger partial charge is 0.343 e. The number of aryl methyl sites for hydroxylation is 1. The van der Waals surface area contributed by atoms with E-state index in [9.17, 15) is 14.4 Å². The Bertz CT molecular complexity index is 788. The fourth-order valence-electron chi connectivity index (χ4n) is 2.05. The highest BCUT2D eigenvalue weighted by Crippen LogP contribution is 2.23. The number of imide groups is 1. The maximum Gasteiger partial charge on any atom is 0.343 e. The van der Waals surface area contributed by atoms with Crippen LogP contribution >= 0.6 is 23.1 Å². The van der Waals surface area contributed by atoms with E-state index in [1.54, 1.807) is 35.2 Å². The van der Waals surface area contributed by atoms with Gasteiger partial charge in [0.25, 0.3) is 5.91 Å². The molecule has 1 fully saturated rings. The normalized spacial score (nSPS) is 14.0. The molecular weight excluding hydrogens is 348 g/mol. The van der Waals surface area contributed by atoms with Gasteiger partial charge in [0.1, 0.15) is 6.54 Å². The molecule has 24 heavy (non-hydrogen) atoms. The quantitative estimate of drug-likeness (QED) is 0.626. The van der Waals surface area contributed by atoms with Gasteiger partial charge in [-0.05, 0) is 31.2 Å². The molecule has 0 radical (unpaired) electrons. The standard InChI is InChI=1S/C15H14N4O3S2/c1-9-16-11(7-23-9)8-24-12-4-2-10(3-5-12)14(21)18-19-6-13(20)17-15(19)22/h2-5,7H,6,8H2,1H3,(H,18,21)(H,17,20,22). The van der Waals surface area contributed by atoms with Gasteiger partial charge in [0.2, 0.25) is 5.91 Å². The third-order valence-electron chi connectivity index (χ3n) is 3.20. The molecule has 0 bridgehead atoms. The lowest BCUT2D eigenvalue weighted by molar-refractivity contribution is -0.118. The third kappa shape index (κ3) is 3.92. The lowest BCUT2D eigenvalue weighted by Gasteiger charge is -2.14. The van der Waals surface area contributed by atoms with Gasteiger partial charge in [0.15, 0.2) is 0 Å². The minimum absolute atomic E-state index is 0.175. The van der Waals surface area contributed by atoms with Crippen LogP contribution < -0.4 is 10.7 Å². The van der Waals surface area contributed by atoms with Crippen molar-refractivity contribution in [3.63, 3.8) is 0 Å². The third-order valence-corrected chi connectivity index (χ3v) is 5.07. The number of urea groups is 1. The lowest BCUT2D eigenvalue weighted by Crippen LogP contribution is -2.44. The average molecular weight is 362 g/mol. The summed E-state index contributed by atoms with van der Waals surface area (Å²) < 4.78 is 0. The number of nitrogens with one attached hydrogen (secondary N) is 2. The van der Waals surface area contributed by atoms with Gasteiger partial charge in [-0.1, -0.05) is 0 Å². The molecule has 1 aromatic carbocycles. The molecule has 1 aliphatic heterocycles. The van der Waals surface area contributed by atoms with Gasteiger partial charge in [-0.3, -0.25) is 20.3 Å². The second-order valence-electron chi connectivity index (χ2n) is 5.05. The number of aromatic nitrogens is 1. The van der Waals surface area contributed by atoms with Crippen molar-refractivity contribution in [2.75, 3.05) is 6.54 Å². The fraction of sp³-hybridized carbons (Fsp3) is 0.200. The molecule has 0 saturated carbocycles. The molecule has 0 unspecified atom stereocenters. The summed E-state index contributed by atoms with van der Waals surface area (Å²) in [6.45, 7) is 1.80. The molecule has 4 amide bonds. The van der Waals surface area contributed by atoms with Gasteiger partial charge in [-0.25, -0.2) is 14.8 Å². The number of hydrogen-bond acceptors (Lipinski definition) is 6. The Morgan fingerprint density at radius 1 is 1.38 bits per heavy atom. The summed E-state index contributed by atoms with van der Waals surface area (Å²) in [5, 5.41) is 6.13. The Balaban J connectivity index is 1.56. The fourth-order valence-corrected chi connectivity index (χ4v) is 3.56. The molecule has 2 N–H and O–H groups in total. The van der Waals surface area contributed by atoms with Gasteiger partial charge in [0, 0.05) is 21.6 Å². The predicted octanol–water partition coefficient (Wildman–Crippen LogP) is 1.94. The zero-order valence-electron chi connectivity index (χ0n) is 12.7. The van der Waals surface area contributed by atoms with E-state index >= 15 is 0 Å². The van der Waals surface area contributed by atoms with Crippen LogP contribution in [0.3, 0.4) is 0 Å². The number of benzene rings is 1. The number of amides is 4. The number of thioether (sulfide) groups is 1. The first-order chi connectivity index (χ1) is 11.5. The molecule has 0 spiro atoms. The first kappa shape index (κ1) is 16.5. The van der Waals surface area contributed by atoms with Gasteiger partial charge < -0.3 is 0 Å². The second kappa shape index (κ2) is 7.02. The molecule has 1 saturated heterocycles. The number of carbonyl (C=O) groups is 3. The number of rotatable bonds is 5. The Kier molecular flexibility index (Phi) is 4.81. The molecule has 0 aliphatic carbocycles. The Hall–Kier alpha value is -2.39. The summed E-state index contributed by atoms with van der Waals surface area (Å²) in [7, 11) is 0. The van der Waals surface area contributed by atoms with Crippen molar-refractivity contribution in [3.05, 3.63) is 45.9 Å². The van der Waals surface area contributed by atoms with Crippen molar-refractivity contribution in [2.24, 2.45) is 0 Å². The van der Waals surface area contributed by atoms with Crippen molar-refractivity contribution < 1.29 is 14.4 Å². The Morgan fingerprint density at radius 2 is 2.12 bits per heavy atom. The van der Waals surface area contributed by atoms with Crippen LogP contribution in [0.2, 0.25) is 0 Å². The monoisotopic (exact) mass is 362 g/mol. The number of hydrazine groups is 1. The molecule has 2 aromatic rings. The highest BCUT2D eigenvalue weighted by Gasteiger charge is 2.28. The topological polar surface area (TPSA) is 91.4 Å². The van der Waals surface area contributed by atoms with Crippen molar-refractivity contribution in [1.29, 1.82) is 0 Å². The van der Waals surface area contributed by atoms with E-state index in [-0.39, 0.29) is 6.54 Å². The van der Waals surface area contributed by atoms with Crippen LogP contribution in [-0.4, -0.2) is 34.4 Å². The summed E-state index contributed by atoms with van der Waals surface area (Å²) in [6.07, 6.45) is 0. The molecule has 124 valence electrons. The van der Waals surface area contributed by atoms with E-state index in [2.05, 4.69) is 15.7 Å². The highest BCUT2D eigenvalue weighted by atomic mass is 32.2. The van der Waals surface area contributed by atoms with Crippen LogP contribution in [0.15, 0.2) is 34.5 Å². The Morgan fingerprint density at radius 3 is 2.71 bits per heavy atom. The average Bonchev–Trinajstić information content (AvgIpc) is 3.11. The summed E-state index contributed by atoms with van der Waals surface area (Å²) >= 11 is 3.26. The van der Waals surface area contributed by atoms with Crippen molar-refractivity contribution in [1.82, 2.24) is 20.7 Å². The number of nitrogens with zero attached hydrogens (tertiary/aromatic N) is 2. The van der Waals surface area contributed by atoms with E-state index in [4.69, 9.17) is 0 Å². The van der Waals surface area contributed by atoms with E-state index in [1.165, 1.54) is 0 Å². The molecule has 1 aromatic heterocycles. The van der Waals surface area contributed by atoms with Crippen LogP contribution in [0, 0.1) is 6.92 Å². The van der Waals surface area contributed by atoms with Crippen LogP contribution in [0.4, 0.5) is 4.79 Å². The number of hydrogen-bond donors (Lipinski definition) is 2. The molecule has 7 nitrogen and oxygen atoms in total. The maximum absolute atomic E-state index is 12.1. The molecule has 3 rings (SSSR count). The van der Waals surface area contributed by atoms with Crippen molar-refractivity contribution in [3.8, 4) is 0 Å². The zero-order chi connectivity index (χ0) is 17.1. The van der Waals surface area contributed by atoms with Gasteiger partial charge in [0.05, 0.1) is 10.7 Å². The maximum atomic E-state index is 12.1. The van der Waals surface area contributed by atoms with Crippen LogP contribution in [0.5, 0.6) is 0 Å². The van der Waals surface area contributed by atoms with Gasteiger partial charge >= 0.3 is 6.03 Å². The first-order valence-electron chi connectivity index (χ1n) is 7.07. The van der Waals surface area contributed by atoms with E-state index in [1.807, 2.05) is 24.4 Å². The molecule has 9 heteroatoms. The summed E-state index contributed by atoms with van der Waals surface area (Å²) in [5.74, 6) is -0.109. The first-order valence-corrected chi connectivity index (χ1v) is 8.94. The van der Waals surface area contributed by atoms with E-state index in [0.717, 1.165) is 26.4 Å². The Labute approximate surface area is 146 Å². The summed E-state index contributed by atoms with van der Waals surface area (Å²) in [6, 6.07) is 6.42. The van der Waals surface area contributed by atoms with Crippen LogP contribution in [0.1, 0.15) is 21.1 Å². The van der Waals surface area contributed by atoms with Gasteiger partial charge in [-0.15, -0.1) is 23.1 Å². The summed E-state index contributed by atoms with van der Waals surface area (Å²) in [4.78, 5) is 40.0. The van der Waals surface area contributed by atoms with E-state index < -0.39 is 17.8 Å². The second-order valence-corrected chi connectivity index (χ2v) is 7.16. The van der Waals surface area contributed by atoms with Crippen LogP contribution in [-0.2, 0) is 10.5 Å². The zero-order valence-corrected chi connectivity index (χ0v) is 14.4. The molecule has 1 aliphatic rings. The minimum Gasteiger partial charge on any atom is -0.275 e. The molecule has 0 atom stereocenters. The number of thiazole rings is 1. The van der Waals surface area contributed by atoms with Crippen LogP contribution in [0.25, 0.3) is 0 Å². The van der Waals surface area contributed by atoms with Crippen molar-refractivity contribution in [2.45, 2.75) is 17.6 Å². The minimum atomic E-state index is -0.626.